The van der Waals surface area contributed by atoms with Crippen LogP contribution in [0.2, 0.25) is 0 Å². The van der Waals surface area contributed by atoms with E-state index in [9.17, 15) is 4.79 Å². The highest BCUT2D eigenvalue weighted by Gasteiger charge is 2.33. The van der Waals surface area contributed by atoms with Gasteiger partial charge in [0.1, 0.15) is 12.7 Å². The summed E-state index contributed by atoms with van der Waals surface area (Å²) in [7, 11) is 1.61. The minimum atomic E-state index is -0.249. The number of carbonyl (C=O) groups excluding carboxylic acids is 1. The van der Waals surface area contributed by atoms with Gasteiger partial charge in [-0.2, -0.15) is 0 Å². The molecule has 1 aliphatic carbocycles. The first-order chi connectivity index (χ1) is 9.04. The maximum atomic E-state index is 11.8. The van der Waals surface area contributed by atoms with Gasteiger partial charge in [-0.1, -0.05) is 27.2 Å². The number of methoxy groups -OCH3 is 1. The molecule has 0 aromatic rings. The number of rotatable bonds is 7. The lowest BCUT2D eigenvalue weighted by Crippen LogP contribution is -2.36. The maximum Gasteiger partial charge on any atom is 0.332 e. The lowest BCUT2D eigenvalue weighted by Gasteiger charge is -2.36. The molecule has 0 spiro atoms. The lowest BCUT2D eigenvalue weighted by molar-refractivity contribution is -0.161. The Hall–Kier alpha value is -0.610. The van der Waals surface area contributed by atoms with Gasteiger partial charge in [-0.05, 0) is 30.6 Å². The Morgan fingerprint density at radius 3 is 2.63 bits per heavy atom. The predicted molar refractivity (Wildman–Crippen MR) is 73.9 cm³/mol. The lowest BCUT2D eigenvalue weighted by atomic mass is 9.75. The minimum absolute atomic E-state index is 0.0268. The zero-order chi connectivity index (χ0) is 14.3. The molecule has 19 heavy (non-hydrogen) atoms. The minimum Gasteiger partial charge on any atom is -0.460 e. The molecule has 0 aromatic carbocycles. The van der Waals surface area contributed by atoms with Gasteiger partial charge in [-0.25, -0.2) is 4.79 Å². The van der Waals surface area contributed by atoms with Gasteiger partial charge in [0.05, 0.1) is 13.2 Å². The van der Waals surface area contributed by atoms with Crippen LogP contribution in [0.1, 0.15) is 40.0 Å². The van der Waals surface area contributed by atoms with Gasteiger partial charge < -0.3 is 14.2 Å². The van der Waals surface area contributed by atoms with Gasteiger partial charge in [0.25, 0.3) is 0 Å². The van der Waals surface area contributed by atoms with E-state index in [1.54, 1.807) is 7.11 Å². The van der Waals surface area contributed by atoms with Crippen LogP contribution >= 0.6 is 0 Å². The Bertz CT molecular complexity index is 265. The van der Waals surface area contributed by atoms with Crippen molar-refractivity contribution in [2.45, 2.75) is 46.1 Å². The summed E-state index contributed by atoms with van der Waals surface area (Å²) in [4.78, 5) is 11.8. The second kappa shape index (κ2) is 8.54. The number of carbonyl (C=O) groups is 1. The van der Waals surface area contributed by atoms with Gasteiger partial charge >= 0.3 is 5.97 Å². The second-order valence-electron chi connectivity index (χ2n) is 5.90. The first-order valence-electron chi connectivity index (χ1n) is 7.30. The van der Waals surface area contributed by atoms with E-state index in [1.807, 2.05) is 0 Å². The summed E-state index contributed by atoms with van der Waals surface area (Å²) in [5, 5.41) is 0. The zero-order valence-electron chi connectivity index (χ0n) is 12.7. The Morgan fingerprint density at radius 1 is 1.26 bits per heavy atom. The fourth-order valence-corrected chi connectivity index (χ4v) is 2.75. The second-order valence-corrected chi connectivity index (χ2v) is 5.90. The van der Waals surface area contributed by atoms with Gasteiger partial charge in [-0.15, -0.1) is 0 Å². The molecule has 1 fully saturated rings. The van der Waals surface area contributed by atoms with Gasteiger partial charge in [0, 0.05) is 7.11 Å². The average Bonchev–Trinajstić information content (AvgIpc) is 2.34. The van der Waals surface area contributed by atoms with E-state index in [0.717, 1.165) is 12.8 Å². The molecule has 0 heterocycles. The highest BCUT2D eigenvalue weighted by atomic mass is 16.6. The summed E-state index contributed by atoms with van der Waals surface area (Å²) in [6, 6.07) is 0. The third-order valence-electron chi connectivity index (χ3n) is 3.90. The normalized spacial score (nSPS) is 27.5. The molecular weight excluding hydrogens is 244 g/mol. The molecule has 0 aromatic heterocycles. The summed E-state index contributed by atoms with van der Waals surface area (Å²) in [6.07, 6.45) is 3.43. The monoisotopic (exact) mass is 272 g/mol. The molecule has 1 saturated carbocycles. The smallest absolute Gasteiger partial charge is 0.332 e. The van der Waals surface area contributed by atoms with Crippen LogP contribution < -0.4 is 0 Å². The number of hydrogen-bond donors (Lipinski definition) is 0. The Labute approximate surface area is 116 Å². The van der Waals surface area contributed by atoms with Crippen molar-refractivity contribution in [3.8, 4) is 0 Å². The molecule has 0 N–H and O–H groups in total. The van der Waals surface area contributed by atoms with Crippen LogP contribution in [0.15, 0.2) is 0 Å². The molecule has 4 nitrogen and oxygen atoms in total. The van der Waals surface area contributed by atoms with Crippen molar-refractivity contribution in [3.63, 3.8) is 0 Å². The molecular formula is C15H28O4. The van der Waals surface area contributed by atoms with Gasteiger partial charge in [0.2, 0.25) is 0 Å². The van der Waals surface area contributed by atoms with Crippen LogP contribution in [-0.2, 0) is 19.0 Å². The van der Waals surface area contributed by atoms with Gasteiger partial charge in [-0.3, -0.25) is 0 Å². The van der Waals surface area contributed by atoms with Crippen molar-refractivity contribution in [2.75, 3.05) is 26.9 Å². The maximum absolute atomic E-state index is 11.8. The summed E-state index contributed by atoms with van der Waals surface area (Å²) in [5.41, 5.74) is 0. The van der Waals surface area contributed by atoms with Crippen molar-refractivity contribution in [2.24, 2.45) is 17.8 Å². The average molecular weight is 272 g/mol. The summed E-state index contributed by atoms with van der Waals surface area (Å²) < 4.78 is 15.7. The fraction of sp³-hybridized carbons (Fsp3) is 0.933. The Kier molecular flexibility index (Phi) is 7.39. The van der Waals surface area contributed by atoms with E-state index in [4.69, 9.17) is 14.2 Å². The van der Waals surface area contributed by atoms with Crippen molar-refractivity contribution < 1.29 is 19.0 Å². The van der Waals surface area contributed by atoms with Crippen molar-refractivity contribution in [1.82, 2.24) is 0 Å². The topological polar surface area (TPSA) is 44.8 Å². The standard InChI is InChI=1S/C15H28O4/c1-11(2)13-6-5-12(3)9-14(13)19-15(16)10-18-8-7-17-4/h11-14H,5-10H2,1-4H3. The van der Waals surface area contributed by atoms with Crippen molar-refractivity contribution >= 4 is 5.97 Å². The highest BCUT2D eigenvalue weighted by Crippen LogP contribution is 2.35. The summed E-state index contributed by atoms with van der Waals surface area (Å²) >= 11 is 0. The molecule has 0 radical (unpaired) electrons. The SMILES string of the molecule is COCCOCC(=O)OC1CC(C)CCC1C(C)C. The van der Waals surface area contributed by atoms with Crippen LogP contribution in [0, 0.1) is 17.8 Å². The quantitative estimate of drug-likeness (QED) is 0.528. The van der Waals surface area contributed by atoms with Crippen molar-refractivity contribution in [3.05, 3.63) is 0 Å². The molecule has 0 bridgehead atoms. The third-order valence-corrected chi connectivity index (χ3v) is 3.90. The van der Waals surface area contributed by atoms with E-state index < -0.39 is 0 Å². The molecule has 1 rings (SSSR count). The van der Waals surface area contributed by atoms with Crippen LogP contribution in [0.25, 0.3) is 0 Å². The summed E-state index contributed by atoms with van der Waals surface area (Å²) in [6.45, 7) is 7.60. The number of esters is 1. The van der Waals surface area contributed by atoms with E-state index in [1.165, 1.54) is 6.42 Å². The molecule has 3 unspecified atom stereocenters. The molecule has 0 saturated heterocycles. The van der Waals surface area contributed by atoms with Crippen molar-refractivity contribution in [1.29, 1.82) is 0 Å². The first kappa shape index (κ1) is 16.4. The van der Waals surface area contributed by atoms with E-state index in [-0.39, 0.29) is 18.7 Å². The highest BCUT2D eigenvalue weighted by molar-refractivity contribution is 5.70. The molecule has 1 aliphatic rings. The van der Waals surface area contributed by atoms with E-state index in [0.29, 0.717) is 31.0 Å². The third kappa shape index (κ3) is 5.91. The number of ether oxygens (including phenoxy) is 3. The van der Waals surface area contributed by atoms with Gasteiger partial charge in [0.15, 0.2) is 0 Å². The molecule has 3 atom stereocenters. The molecule has 112 valence electrons. The van der Waals surface area contributed by atoms with E-state index >= 15 is 0 Å². The van der Waals surface area contributed by atoms with Crippen LogP contribution in [0.5, 0.6) is 0 Å². The summed E-state index contributed by atoms with van der Waals surface area (Å²) in [5.74, 6) is 1.43. The number of hydrogen-bond acceptors (Lipinski definition) is 4. The van der Waals surface area contributed by atoms with Crippen LogP contribution in [0.3, 0.4) is 0 Å². The van der Waals surface area contributed by atoms with Crippen LogP contribution in [-0.4, -0.2) is 39.0 Å². The first-order valence-corrected chi connectivity index (χ1v) is 7.30. The Balaban J connectivity index is 2.36. The fourth-order valence-electron chi connectivity index (χ4n) is 2.75. The van der Waals surface area contributed by atoms with Crippen LogP contribution in [0.4, 0.5) is 0 Å². The molecule has 4 heteroatoms. The zero-order valence-corrected chi connectivity index (χ0v) is 12.7. The Morgan fingerprint density at radius 2 is 2.00 bits per heavy atom. The molecule has 0 amide bonds. The predicted octanol–water partition coefficient (Wildman–Crippen LogP) is 2.65. The molecule has 0 aliphatic heterocycles. The van der Waals surface area contributed by atoms with E-state index in [2.05, 4.69) is 20.8 Å². The largest absolute Gasteiger partial charge is 0.460 e.